The Kier molecular flexibility index (Phi) is 10.8. The lowest BCUT2D eigenvalue weighted by atomic mass is 9.33. The standard InChI is InChI=1S/C47H72N4O7/c1-27(2)38-32(52)24-47(25-37(53)51(22-21-50(11)12)26-36-49-48-28(3)57-36)20-19-45(9)29(39(38)47)13-14-34-44(8)17-16-35(43(6,7)33(44)15-18-46(34,45)10)58-41(56)31-23-30(40(54)55)42(31,4)5/h27,29-31,33-35H,13-26H2,1-12H3,(H,54,55)/t29-,30+,31-,33+,34-,35+,44+,45-,46-,47+/m1/s1. The number of carbonyl (C=O) groups is 4. The maximum absolute atomic E-state index is 14.6. The first kappa shape index (κ1) is 43.0. The second-order valence-corrected chi connectivity index (χ2v) is 22.3. The summed E-state index contributed by atoms with van der Waals surface area (Å²) in [6, 6.07) is 0. The molecule has 11 nitrogen and oxygen atoms in total. The van der Waals surface area contributed by atoms with E-state index in [1.54, 1.807) is 6.92 Å². The molecule has 1 N–H and O–H groups in total. The van der Waals surface area contributed by atoms with Crippen molar-refractivity contribution in [3.05, 3.63) is 22.9 Å². The van der Waals surface area contributed by atoms with E-state index in [1.807, 2.05) is 32.8 Å². The molecule has 0 radical (unpaired) electrons. The van der Waals surface area contributed by atoms with Gasteiger partial charge in [0, 0.05) is 43.7 Å². The van der Waals surface area contributed by atoms with Gasteiger partial charge in [-0.2, -0.15) is 0 Å². The third-order valence-corrected chi connectivity index (χ3v) is 18.2. The van der Waals surface area contributed by atoms with Crippen molar-refractivity contribution in [1.82, 2.24) is 20.0 Å². The molecular formula is C47H72N4O7. The van der Waals surface area contributed by atoms with Crippen LogP contribution in [-0.4, -0.2) is 82.0 Å². The van der Waals surface area contributed by atoms with Crippen LogP contribution in [0.25, 0.3) is 0 Å². The molecule has 11 heteroatoms. The van der Waals surface area contributed by atoms with Crippen molar-refractivity contribution in [3.63, 3.8) is 0 Å². The van der Waals surface area contributed by atoms with E-state index < -0.39 is 22.7 Å². The van der Waals surface area contributed by atoms with Gasteiger partial charge in [0.05, 0.1) is 18.4 Å². The van der Waals surface area contributed by atoms with E-state index in [0.717, 1.165) is 56.9 Å². The molecule has 0 spiro atoms. The van der Waals surface area contributed by atoms with Gasteiger partial charge in [0.15, 0.2) is 5.78 Å². The predicted octanol–water partition coefficient (Wildman–Crippen LogP) is 8.30. The van der Waals surface area contributed by atoms with Crippen LogP contribution in [0.2, 0.25) is 0 Å². The van der Waals surface area contributed by atoms with Gasteiger partial charge < -0.3 is 24.1 Å². The number of allylic oxidation sites excluding steroid dienone is 2. The monoisotopic (exact) mass is 805 g/mol. The number of esters is 1. The zero-order valence-electron chi connectivity index (χ0n) is 37.6. The highest BCUT2D eigenvalue weighted by Gasteiger charge is 2.70. The molecule has 0 aromatic carbocycles. The molecule has 0 saturated heterocycles. The number of carboxylic acids is 1. The van der Waals surface area contributed by atoms with E-state index in [1.165, 1.54) is 5.57 Å². The van der Waals surface area contributed by atoms with Gasteiger partial charge in [0.1, 0.15) is 6.10 Å². The van der Waals surface area contributed by atoms with Gasteiger partial charge in [-0.1, -0.05) is 67.9 Å². The minimum Gasteiger partial charge on any atom is -0.481 e. The first-order valence-corrected chi connectivity index (χ1v) is 22.4. The van der Waals surface area contributed by atoms with E-state index in [9.17, 15) is 24.3 Å². The number of aryl methyl sites for hydroxylation is 1. The average Bonchev–Trinajstić information content (AvgIpc) is 3.66. The lowest BCUT2D eigenvalue weighted by molar-refractivity contribution is -0.236. The van der Waals surface area contributed by atoms with Gasteiger partial charge >= 0.3 is 11.9 Å². The number of carbonyl (C=O) groups excluding carboxylic acids is 3. The van der Waals surface area contributed by atoms with E-state index in [2.05, 4.69) is 63.6 Å². The minimum absolute atomic E-state index is 0.0347. The maximum atomic E-state index is 14.6. The Hall–Kier alpha value is -3.08. The summed E-state index contributed by atoms with van der Waals surface area (Å²) >= 11 is 0. The Bertz CT molecular complexity index is 1860. The molecule has 0 bridgehead atoms. The predicted molar refractivity (Wildman–Crippen MR) is 220 cm³/mol. The van der Waals surface area contributed by atoms with Crippen molar-refractivity contribution in [2.24, 2.45) is 68.0 Å². The van der Waals surface area contributed by atoms with Crippen molar-refractivity contribution in [3.8, 4) is 0 Å². The van der Waals surface area contributed by atoms with E-state index in [0.29, 0.717) is 56.0 Å². The normalized spacial score (nSPS) is 38.7. The Morgan fingerprint density at radius 2 is 1.57 bits per heavy atom. The molecule has 5 saturated carbocycles. The van der Waals surface area contributed by atoms with Crippen LogP contribution in [0.3, 0.4) is 0 Å². The molecule has 6 aliphatic rings. The van der Waals surface area contributed by atoms with Gasteiger partial charge in [-0.05, 0) is 123 Å². The van der Waals surface area contributed by atoms with E-state index in [4.69, 9.17) is 9.15 Å². The molecule has 1 aromatic rings. The number of hydrogen-bond acceptors (Lipinski definition) is 9. The first-order valence-electron chi connectivity index (χ1n) is 22.4. The third kappa shape index (κ3) is 6.52. The summed E-state index contributed by atoms with van der Waals surface area (Å²) in [6.45, 7) is 23.6. The summed E-state index contributed by atoms with van der Waals surface area (Å²) in [6.07, 6.45) is 8.72. The van der Waals surface area contributed by atoms with Gasteiger partial charge in [0.2, 0.25) is 17.7 Å². The highest BCUT2D eigenvalue weighted by atomic mass is 16.5. The second-order valence-electron chi connectivity index (χ2n) is 22.3. The number of ketones is 1. The minimum atomic E-state index is -0.834. The zero-order chi connectivity index (χ0) is 42.5. The average molecular weight is 805 g/mol. The van der Waals surface area contributed by atoms with Gasteiger partial charge in [0.25, 0.3) is 0 Å². The lowest BCUT2D eigenvalue weighted by Gasteiger charge is -2.72. The SMILES string of the molecule is Cc1nnc(CN(CCN(C)C)C(=O)C[C@@]23CC[C@]4(C)[C@H](CC[C@@H]5[C@@]6(C)CC[C@H](OC(=O)[C@H]7C[C@@H](C(=O)O)C7(C)C)C(C)(C)[C@@H]6CC[C@]54C)C2=C(C(C)C)C(=O)C3)o1. The molecule has 0 unspecified atom stereocenters. The summed E-state index contributed by atoms with van der Waals surface area (Å²) in [5.74, 6) is 0.397. The Morgan fingerprint density at radius 1 is 0.862 bits per heavy atom. The Morgan fingerprint density at radius 3 is 2.17 bits per heavy atom. The summed E-state index contributed by atoms with van der Waals surface area (Å²) in [5.41, 5.74) is 1.03. The van der Waals surface area contributed by atoms with Gasteiger partial charge in [-0.15, -0.1) is 10.2 Å². The number of carboxylic acid groups (broad SMARTS) is 1. The number of amides is 1. The Labute approximate surface area is 346 Å². The number of aromatic nitrogens is 2. The highest BCUT2D eigenvalue weighted by Crippen LogP contribution is 2.77. The van der Waals surface area contributed by atoms with Crippen LogP contribution in [0.1, 0.15) is 145 Å². The second kappa shape index (κ2) is 14.5. The third-order valence-electron chi connectivity index (χ3n) is 18.2. The quantitative estimate of drug-likeness (QED) is 0.217. The Balaban J connectivity index is 1.15. The van der Waals surface area contributed by atoms with Crippen molar-refractivity contribution < 1.29 is 33.4 Å². The van der Waals surface area contributed by atoms with Crippen molar-refractivity contribution >= 4 is 23.6 Å². The molecule has 322 valence electrons. The van der Waals surface area contributed by atoms with Crippen molar-refractivity contribution in [2.45, 2.75) is 153 Å². The first-order chi connectivity index (χ1) is 26.9. The number of fused-ring (bicyclic) bond motifs is 7. The summed E-state index contributed by atoms with van der Waals surface area (Å²) in [4.78, 5) is 58.3. The molecule has 7 rings (SSSR count). The fourth-order valence-electron chi connectivity index (χ4n) is 14.7. The summed E-state index contributed by atoms with van der Waals surface area (Å²) in [5, 5.41) is 17.9. The fraction of sp³-hybridized carbons (Fsp3) is 0.830. The van der Waals surface area contributed by atoms with E-state index in [-0.39, 0.29) is 69.7 Å². The van der Waals surface area contributed by atoms with E-state index >= 15 is 0 Å². The number of hydrogen-bond donors (Lipinski definition) is 1. The maximum Gasteiger partial charge on any atom is 0.309 e. The molecule has 0 aliphatic heterocycles. The number of ether oxygens (including phenoxy) is 1. The molecule has 6 aliphatic carbocycles. The summed E-state index contributed by atoms with van der Waals surface area (Å²) < 4.78 is 12.2. The molecule has 1 aromatic heterocycles. The van der Waals surface area contributed by atoms with Crippen LogP contribution in [-0.2, 0) is 30.5 Å². The van der Waals surface area contributed by atoms with Crippen molar-refractivity contribution in [2.75, 3.05) is 27.2 Å². The van der Waals surface area contributed by atoms with Crippen LogP contribution in [0.5, 0.6) is 0 Å². The van der Waals surface area contributed by atoms with Crippen LogP contribution in [0.4, 0.5) is 0 Å². The van der Waals surface area contributed by atoms with Crippen LogP contribution < -0.4 is 0 Å². The number of Topliss-reactive ketones (excluding diaryl/α,β-unsaturated/α-hetero) is 1. The number of rotatable bonds is 11. The number of likely N-dealkylation sites (N-methyl/N-ethyl adjacent to an activating group) is 1. The van der Waals surface area contributed by atoms with Crippen LogP contribution in [0, 0.1) is 74.9 Å². The fourth-order valence-corrected chi connectivity index (χ4v) is 14.7. The van der Waals surface area contributed by atoms with Gasteiger partial charge in [-0.3, -0.25) is 19.2 Å². The molecule has 5 fully saturated rings. The molecular weight excluding hydrogens is 733 g/mol. The molecule has 10 atom stereocenters. The topological polar surface area (TPSA) is 143 Å². The molecule has 1 amide bonds. The highest BCUT2D eigenvalue weighted by molar-refractivity contribution is 6.01. The largest absolute Gasteiger partial charge is 0.481 e. The van der Waals surface area contributed by atoms with Crippen LogP contribution >= 0.6 is 0 Å². The van der Waals surface area contributed by atoms with Gasteiger partial charge in [-0.25, -0.2) is 0 Å². The summed E-state index contributed by atoms with van der Waals surface area (Å²) in [7, 11) is 4.02. The smallest absolute Gasteiger partial charge is 0.309 e. The lowest BCUT2D eigenvalue weighted by Crippen LogP contribution is -2.66. The zero-order valence-corrected chi connectivity index (χ0v) is 37.6. The van der Waals surface area contributed by atoms with Crippen molar-refractivity contribution in [1.29, 1.82) is 0 Å². The number of aliphatic carboxylic acids is 1. The van der Waals surface area contributed by atoms with Crippen LogP contribution in [0.15, 0.2) is 15.6 Å². The molecule has 1 heterocycles. The molecule has 58 heavy (non-hydrogen) atoms. The number of nitrogens with zero attached hydrogens (tertiary/aromatic N) is 4.